The summed E-state index contributed by atoms with van der Waals surface area (Å²) in [5, 5.41) is 0. The summed E-state index contributed by atoms with van der Waals surface area (Å²) in [6, 6.07) is 17.6. The molecule has 0 spiro atoms. The first-order valence-corrected chi connectivity index (χ1v) is 11.7. The zero-order valence-corrected chi connectivity index (χ0v) is 16.3. The predicted molar refractivity (Wildman–Crippen MR) is 102 cm³/mol. The fraction of sp³-hybridized carbons (Fsp3) is 0.429. The van der Waals surface area contributed by atoms with Crippen molar-refractivity contribution in [3.05, 3.63) is 65.2 Å². The monoisotopic (exact) mass is 340 g/mol. The molecule has 2 aromatic carbocycles. The largest absolute Gasteiger partial charge is 0.520 e. The van der Waals surface area contributed by atoms with Crippen molar-refractivity contribution in [1.29, 1.82) is 0 Å². The summed E-state index contributed by atoms with van der Waals surface area (Å²) in [5.41, 5.74) is 4.04. The van der Waals surface area contributed by atoms with E-state index in [0.29, 0.717) is 0 Å². The van der Waals surface area contributed by atoms with Crippen LogP contribution in [0.3, 0.4) is 0 Å². The topological polar surface area (TPSA) is 18.5 Å². The smallest absolute Gasteiger partial charge is 0.392 e. The lowest BCUT2D eigenvalue weighted by Gasteiger charge is -2.28. The minimum absolute atomic E-state index is 0.0163. The Morgan fingerprint density at radius 2 is 1.42 bits per heavy atom. The maximum Gasteiger partial charge on any atom is 0.392 e. The quantitative estimate of drug-likeness (QED) is 0.594. The van der Waals surface area contributed by atoms with Gasteiger partial charge in [-0.05, 0) is 61.2 Å². The van der Waals surface area contributed by atoms with E-state index in [0.717, 1.165) is 31.6 Å². The lowest BCUT2D eigenvalue weighted by molar-refractivity contribution is 0.242. The molecule has 0 amide bonds. The van der Waals surface area contributed by atoms with Crippen LogP contribution >= 0.6 is 0 Å². The second kappa shape index (κ2) is 6.73. The van der Waals surface area contributed by atoms with E-state index >= 15 is 0 Å². The molecule has 0 aromatic heterocycles. The molecule has 128 valence electrons. The van der Waals surface area contributed by atoms with E-state index in [1.54, 1.807) is 0 Å². The third-order valence-electron chi connectivity index (χ3n) is 4.92. The molecular weight excluding hydrogens is 312 g/mol. The lowest BCUT2D eigenvalue weighted by atomic mass is 9.78. The molecule has 0 unspecified atom stereocenters. The van der Waals surface area contributed by atoms with Crippen molar-refractivity contribution in [2.75, 3.05) is 6.61 Å². The minimum atomic E-state index is -2.12. The fourth-order valence-corrected chi connectivity index (χ4v) is 4.66. The average Bonchev–Trinajstić information content (AvgIpc) is 2.54. The number of hydrogen-bond donors (Lipinski definition) is 0. The third-order valence-corrected chi connectivity index (χ3v) is 6.55. The van der Waals surface area contributed by atoms with E-state index in [1.165, 1.54) is 16.7 Å². The van der Waals surface area contributed by atoms with Gasteiger partial charge in [-0.3, -0.25) is 0 Å². The molecule has 0 atom stereocenters. The van der Waals surface area contributed by atoms with E-state index in [1.807, 2.05) is 0 Å². The van der Waals surface area contributed by atoms with Crippen molar-refractivity contribution in [3.63, 3.8) is 0 Å². The van der Waals surface area contributed by atoms with Gasteiger partial charge in [-0.2, -0.15) is 0 Å². The number of hydrogen-bond acceptors (Lipinski definition) is 2. The number of fused-ring (bicyclic) bond motifs is 2. The van der Waals surface area contributed by atoms with Crippen LogP contribution in [0.1, 0.15) is 43.4 Å². The highest BCUT2D eigenvalue weighted by atomic mass is 28.4. The van der Waals surface area contributed by atoms with Gasteiger partial charge >= 0.3 is 8.56 Å². The van der Waals surface area contributed by atoms with Crippen LogP contribution in [0.5, 0.6) is 5.75 Å². The summed E-state index contributed by atoms with van der Waals surface area (Å²) >= 11 is 0. The summed E-state index contributed by atoms with van der Waals surface area (Å²) in [5.74, 6) is 0.911. The Labute approximate surface area is 147 Å². The van der Waals surface area contributed by atoms with Crippen LogP contribution in [0.25, 0.3) is 0 Å². The Morgan fingerprint density at radius 3 is 2.04 bits per heavy atom. The van der Waals surface area contributed by atoms with Gasteiger partial charge < -0.3 is 8.85 Å². The molecule has 2 nitrogen and oxygen atoms in total. The van der Waals surface area contributed by atoms with Crippen molar-refractivity contribution in [3.8, 4) is 5.75 Å². The zero-order valence-electron chi connectivity index (χ0n) is 15.3. The maximum atomic E-state index is 6.16. The average molecular weight is 341 g/mol. The predicted octanol–water partition coefficient (Wildman–Crippen LogP) is 5.45. The van der Waals surface area contributed by atoms with Gasteiger partial charge in [0.05, 0.1) is 0 Å². The minimum Gasteiger partial charge on any atom is -0.520 e. The number of rotatable bonds is 0. The molecule has 0 saturated heterocycles. The van der Waals surface area contributed by atoms with Crippen LogP contribution in [0.4, 0.5) is 0 Å². The van der Waals surface area contributed by atoms with Crippen molar-refractivity contribution in [2.45, 2.75) is 51.6 Å². The van der Waals surface area contributed by atoms with Crippen LogP contribution in [0.15, 0.2) is 48.5 Å². The van der Waals surface area contributed by atoms with Crippen molar-refractivity contribution < 1.29 is 8.85 Å². The molecule has 3 aliphatic rings. The molecule has 0 N–H and O–H groups in total. The molecule has 4 bridgehead atoms. The second-order valence-corrected chi connectivity index (χ2v) is 10.9. The molecule has 0 saturated carbocycles. The highest BCUT2D eigenvalue weighted by molar-refractivity contribution is 6.65. The highest BCUT2D eigenvalue weighted by Crippen LogP contribution is 2.33. The fourth-order valence-electron chi connectivity index (χ4n) is 3.26. The van der Waals surface area contributed by atoms with Gasteiger partial charge in [-0.15, -0.1) is 0 Å². The highest BCUT2D eigenvalue weighted by Gasteiger charge is 2.27. The first-order chi connectivity index (χ1) is 11.4. The van der Waals surface area contributed by atoms with Crippen LogP contribution in [0.2, 0.25) is 13.1 Å². The summed E-state index contributed by atoms with van der Waals surface area (Å²) in [4.78, 5) is 0. The van der Waals surface area contributed by atoms with Gasteiger partial charge in [0.1, 0.15) is 5.75 Å². The van der Waals surface area contributed by atoms with Crippen LogP contribution < -0.4 is 4.43 Å². The first kappa shape index (κ1) is 17.2. The zero-order chi connectivity index (χ0) is 17.2. The van der Waals surface area contributed by atoms with E-state index < -0.39 is 8.56 Å². The first-order valence-electron chi connectivity index (χ1n) is 8.90. The second-order valence-electron chi connectivity index (χ2n) is 7.65. The van der Waals surface area contributed by atoms with E-state index in [-0.39, 0.29) is 5.41 Å². The Bertz CT molecular complexity index is 672. The van der Waals surface area contributed by atoms with Gasteiger partial charge in [0.15, 0.2) is 0 Å². The molecule has 0 aliphatic carbocycles. The SMILES string of the molecule is CC1(C)c2ccc(cc2)CCCCO[Si](C)(C)Oc2ccc1cc2. The number of benzene rings is 2. The molecular formula is C21H28O2Si. The Balaban J connectivity index is 1.96. The number of aryl methyl sites for hydroxylation is 1. The molecule has 0 fully saturated rings. The summed E-state index contributed by atoms with van der Waals surface area (Å²) < 4.78 is 12.2. The van der Waals surface area contributed by atoms with Crippen molar-refractivity contribution in [1.82, 2.24) is 0 Å². The van der Waals surface area contributed by atoms with E-state index in [9.17, 15) is 0 Å². The summed E-state index contributed by atoms with van der Waals surface area (Å²) in [6.45, 7) is 9.58. The van der Waals surface area contributed by atoms with Gasteiger partial charge in [-0.1, -0.05) is 50.2 Å². The van der Waals surface area contributed by atoms with E-state index in [4.69, 9.17) is 8.85 Å². The van der Waals surface area contributed by atoms with Gasteiger partial charge in [0.25, 0.3) is 0 Å². The van der Waals surface area contributed by atoms with Gasteiger partial charge in [0.2, 0.25) is 0 Å². The molecule has 0 radical (unpaired) electrons. The molecule has 3 aliphatic heterocycles. The standard InChI is InChI=1S/C21H28O2Si/c1-21(2)18-10-8-17(9-11-18)7-5-6-16-22-24(3,4)23-20-14-12-19(21)13-15-20/h8-15H,5-7,16H2,1-4H3. The summed E-state index contributed by atoms with van der Waals surface area (Å²) in [6.07, 6.45) is 3.34. The molecule has 5 rings (SSSR count). The van der Waals surface area contributed by atoms with Gasteiger partial charge in [-0.25, -0.2) is 0 Å². The maximum absolute atomic E-state index is 6.16. The molecule has 2 aromatic rings. The van der Waals surface area contributed by atoms with E-state index in [2.05, 4.69) is 75.5 Å². The van der Waals surface area contributed by atoms with Crippen LogP contribution in [-0.2, 0) is 16.3 Å². The van der Waals surface area contributed by atoms with Crippen LogP contribution in [-0.4, -0.2) is 15.2 Å². The normalized spacial score (nSPS) is 19.8. The molecule has 3 heteroatoms. The lowest BCUT2D eigenvalue weighted by Crippen LogP contribution is -2.38. The Hall–Kier alpha value is -1.58. The Morgan fingerprint density at radius 1 is 0.833 bits per heavy atom. The third kappa shape index (κ3) is 3.90. The molecule has 24 heavy (non-hydrogen) atoms. The van der Waals surface area contributed by atoms with Gasteiger partial charge in [0, 0.05) is 12.0 Å². The Kier molecular flexibility index (Phi) is 4.84. The van der Waals surface area contributed by atoms with Crippen molar-refractivity contribution >= 4 is 8.56 Å². The van der Waals surface area contributed by atoms with Crippen molar-refractivity contribution in [2.24, 2.45) is 0 Å². The summed E-state index contributed by atoms with van der Waals surface area (Å²) in [7, 11) is -2.12. The molecule has 3 heterocycles. The van der Waals surface area contributed by atoms with Crippen LogP contribution in [0, 0.1) is 0 Å².